The first-order chi connectivity index (χ1) is 9.51. The Morgan fingerprint density at radius 2 is 2.30 bits per heavy atom. The molecule has 106 valence electrons. The van der Waals surface area contributed by atoms with Crippen molar-refractivity contribution >= 4 is 27.5 Å². The Bertz CT molecular complexity index is 637. The van der Waals surface area contributed by atoms with Crippen LogP contribution < -0.4 is 10.6 Å². The highest BCUT2D eigenvalue weighted by Gasteiger charge is 2.12. The van der Waals surface area contributed by atoms with Gasteiger partial charge in [0.1, 0.15) is 0 Å². The smallest absolute Gasteiger partial charge is 0.172 e. The summed E-state index contributed by atoms with van der Waals surface area (Å²) in [5.74, 6) is 0.0827. The molecule has 0 saturated carbocycles. The number of nitrogens with zero attached hydrogens (tertiary/aromatic N) is 4. The highest BCUT2D eigenvalue weighted by Crippen LogP contribution is 2.25. The molecule has 1 aromatic carbocycles. The normalized spacial score (nSPS) is 11.7. The van der Waals surface area contributed by atoms with Crippen LogP contribution in [0.2, 0.25) is 0 Å². The lowest BCUT2D eigenvalue weighted by molar-refractivity contribution is 0.318. The fourth-order valence-electron chi connectivity index (χ4n) is 2.01. The number of oxime groups is 1. The van der Waals surface area contributed by atoms with Gasteiger partial charge in [0.2, 0.25) is 0 Å². The van der Waals surface area contributed by atoms with Gasteiger partial charge in [-0.15, -0.1) is 0 Å². The van der Waals surface area contributed by atoms with Crippen LogP contribution in [0.15, 0.2) is 40.2 Å². The number of benzene rings is 1. The molecular weight excluding hydrogens is 322 g/mol. The zero-order valence-electron chi connectivity index (χ0n) is 11.3. The fourth-order valence-corrected chi connectivity index (χ4v) is 2.37. The molecule has 0 spiro atoms. The molecule has 2 rings (SSSR count). The van der Waals surface area contributed by atoms with Gasteiger partial charge < -0.3 is 15.8 Å². The standard InChI is InChI=1S/C13H16BrN5O/c1-18(7-9-6-16-19(2)8-9)12-4-3-10(14)5-11(12)13(15)17-20/h3-6,8,20H,7H2,1-2H3,(H2,15,17). The summed E-state index contributed by atoms with van der Waals surface area (Å²) in [5, 5.41) is 16.1. The van der Waals surface area contributed by atoms with E-state index in [1.165, 1.54) is 0 Å². The second kappa shape index (κ2) is 5.96. The number of halogens is 1. The lowest BCUT2D eigenvalue weighted by atomic mass is 10.1. The number of aryl methyl sites for hydroxylation is 1. The summed E-state index contributed by atoms with van der Waals surface area (Å²) in [6.07, 6.45) is 3.77. The van der Waals surface area contributed by atoms with Crippen LogP contribution in [0.1, 0.15) is 11.1 Å². The molecule has 0 fully saturated rings. The molecule has 7 heteroatoms. The molecule has 2 aromatic rings. The van der Waals surface area contributed by atoms with E-state index in [2.05, 4.69) is 26.2 Å². The van der Waals surface area contributed by atoms with Crippen LogP contribution >= 0.6 is 15.9 Å². The molecule has 0 radical (unpaired) electrons. The summed E-state index contributed by atoms with van der Waals surface area (Å²) in [6.45, 7) is 0.682. The molecule has 1 aromatic heterocycles. The zero-order valence-corrected chi connectivity index (χ0v) is 12.9. The predicted molar refractivity (Wildman–Crippen MR) is 82.0 cm³/mol. The molecule has 0 aliphatic heterocycles. The van der Waals surface area contributed by atoms with Gasteiger partial charge in [-0.25, -0.2) is 0 Å². The largest absolute Gasteiger partial charge is 0.409 e. The Balaban J connectivity index is 2.31. The molecule has 1 heterocycles. The molecular formula is C13H16BrN5O. The average molecular weight is 338 g/mol. The van der Waals surface area contributed by atoms with Crippen LogP contribution in [-0.4, -0.2) is 27.9 Å². The van der Waals surface area contributed by atoms with Gasteiger partial charge in [0.15, 0.2) is 5.84 Å². The maximum Gasteiger partial charge on any atom is 0.172 e. The van der Waals surface area contributed by atoms with E-state index in [1.807, 2.05) is 49.6 Å². The first-order valence-electron chi connectivity index (χ1n) is 5.97. The van der Waals surface area contributed by atoms with Crippen LogP contribution in [-0.2, 0) is 13.6 Å². The Kier molecular flexibility index (Phi) is 4.29. The minimum absolute atomic E-state index is 0.0827. The molecule has 0 amide bonds. The van der Waals surface area contributed by atoms with Crippen molar-refractivity contribution in [2.24, 2.45) is 17.9 Å². The Morgan fingerprint density at radius 1 is 1.55 bits per heavy atom. The maximum absolute atomic E-state index is 8.89. The number of hydrogen-bond donors (Lipinski definition) is 2. The van der Waals surface area contributed by atoms with E-state index < -0.39 is 0 Å². The topological polar surface area (TPSA) is 79.7 Å². The monoisotopic (exact) mass is 337 g/mol. The van der Waals surface area contributed by atoms with Gasteiger partial charge in [0, 0.05) is 48.1 Å². The van der Waals surface area contributed by atoms with Gasteiger partial charge in [-0.1, -0.05) is 21.1 Å². The van der Waals surface area contributed by atoms with E-state index in [9.17, 15) is 0 Å². The summed E-state index contributed by atoms with van der Waals surface area (Å²) in [7, 11) is 3.83. The molecule has 0 aliphatic carbocycles. The highest BCUT2D eigenvalue weighted by molar-refractivity contribution is 9.10. The molecule has 0 saturated heterocycles. The molecule has 20 heavy (non-hydrogen) atoms. The highest BCUT2D eigenvalue weighted by atomic mass is 79.9. The quantitative estimate of drug-likeness (QED) is 0.386. The van der Waals surface area contributed by atoms with Crippen LogP contribution in [0.5, 0.6) is 0 Å². The van der Waals surface area contributed by atoms with Gasteiger partial charge in [0.25, 0.3) is 0 Å². The van der Waals surface area contributed by atoms with Gasteiger partial charge in [-0.3, -0.25) is 4.68 Å². The maximum atomic E-state index is 8.89. The summed E-state index contributed by atoms with van der Waals surface area (Å²) >= 11 is 3.39. The lowest BCUT2D eigenvalue weighted by Crippen LogP contribution is -2.22. The Morgan fingerprint density at radius 3 is 2.90 bits per heavy atom. The molecule has 0 bridgehead atoms. The van der Waals surface area contributed by atoms with Gasteiger partial charge in [-0.2, -0.15) is 5.10 Å². The summed E-state index contributed by atoms with van der Waals surface area (Å²) in [4.78, 5) is 2.02. The van der Waals surface area contributed by atoms with Crippen molar-refractivity contribution in [1.29, 1.82) is 0 Å². The van der Waals surface area contributed by atoms with Crippen molar-refractivity contribution in [2.75, 3.05) is 11.9 Å². The van der Waals surface area contributed by atoms with Crippen molar-refractivity contribution < 1.29 is 5.21 Å². The number of anilines is 1. The molecule has 3 N–H and O–H groups in total. The third kappa shape index (κ3) is 3.11. The van der Waals surface area contributed by atoms with Crippen molar-refractivity contribution in [3.63, 3.8) is 0 Å². The fraction of sp³-hybridized carbons (Fsp3) is 0.231. The molecule has 0 unspecified atom stereocenters. The van der Waals surface area contributed by atoms with E-state index in [0.29, 0.717) is 12.1 Å². The Labute approximate surface area is 125 Å². The van der Waals surface area contributed by atoms with E-state index >= 15 is 0 Å². The third-order valence-corrected chi connectivity index (χ3v) is 3.42. The first kappa shape index (κ1) is 14.4. The third-order valence-electron chi connectivity index (χ3n) is 2.93. The minimum Gasteiger partial charge on any atom is -0.409 e. The molecule has 0 aliphatic rings. The number of aromatic nitrogens is 2. The zero-order chi connectivity index (χ0) is 14.7. The van der Waals surface area contributed by atoms with Crippen LogP contribution in [0.25, 0.3) is 0 Å². The first-order valence-corrected chi connectivity index (χ1v) is 6.76. The molecule has 0 atom stereocenters. The number of hydrogen-bond acceptors (Lipinski definition) is 4. The number of nitrogens with two attached hydrogens (primary N) is 1. The van der Waals surface area contributed by atoms with Crippen LogP contribution in [0.4, 0.5) is 5.69 Å². The van der Waals surface area contributed by atoms with E-state index in [1.54, 1.807) is 4.68 Å². The number of rotatable bonds is 4. The Hall–Kier alpha value is -2.02. The number of amidine groups is 1. The van der Waals surface area contributed by atoms with E-state index in [4.69, 9.17) is 10.9 Å². The van der Waals surface area contributed by atoms with Gasteiger partial charge >= 0.3 is 0 Å². The molecule has 6 nitrogen and oxygen atoms in total. The summed E-state index contributed by atoms with van der Waals surface area (Å²) in [6, 6.07) is 5.67. The second-order valence-corrected chi connectivity index (χ2v) is 5.44. The second-order valence-electron chi connectivity index (χ2n) is 4.53. The summed E-state index contributed by atoms with van der Waals surface area (Å²) < 4.78 is 2.63. The van der Waals surface area contributed by atoms with Crippen LogP contribution in [0, 0.1) is 0 Å². The predicted octanol–water partition coefficient (Wildman–Crippen LogP) is 1.91. The van der Waals surface area contributed by atoms with Crippen molar-refractivity contribution in [2.45, 2.75) is 6.54 Å². The SMILES string of the molecule is CN(Cc1cnn(C)c1)c1ccc(Br)cc1/C(N)=N/O. The average Bonchev–Trinajstić information content (AvgIpc) is 2.82. The summed E-state index contributed by atoms with van der Waals surface area (Å²) in [5.41, 5.74) is 8.38. The van der Waals surface area contributed by atoms with Gasteiger partial charge in [0.05, 0.1) is 6.20 Å². The van der Waals surface area contributed by atoms with Crippen molar-refractivity contribution in [3.8, 4) is 0 Å². The minimum atomic E-state index is 0.0827. The van der Waals surface area contributed by atoms with Gasteiger partial charge in [-0.05, 0) is 18.2 Å². The van der Waals surface area contributed by atoms with Crippen molar-refractivity contribution in [3.05, 3.63) is 46.2 Å². The van der Waals surface area contributed by atoms with E-state index in [0.717, 1.165) is 15.7 Å². The van der Waals surface area contributed by atoms with E-state index in [-0.39, 0.29) is 5.84 Å². The van der Waals surface area contributed by atoms with Crippen molar-refractivity contribution in [1.82, 2.24) is 9.78 Å². The van der Waals surface area contributed by atoms with Crippen LogP contribution in [0.3, 0.4) is 0 Å². The lowest BCUT2D eigenvalue weighted by Gasteiger charge is -2.21.